The van der Waals surface area contributed by atoms with E-state index in [1.165, 1.54) is 76.3 Å². The summed E-state index contributed by atoms with van der Waals surface area (Å²) < 4.78 is 0. The largest absolute Gasteiger partial charge is 0.155 e. The minimum Gasteiger partial charge on any atom is -0.113 e. The summed E-state index contributed by atoms with van der Waals surface area (Å²) in [6.07, 6.45) is 14.2. The van der Waals surface area contributed by atoms with Crippen molar-refractivity contribution in [1.82, 2.24) is 0 Å². The van der Waals surface area contributed by atoms with Gasteiger partial charge >= 0.3 is 0 Å². The summed E-state index contributed by atoms with van der Waals surface area (Å²) in [5.41, 5.74) is -1.27. The Morgan fingerprint density at radius 2 is 1.14 bits per heavy atom. The van der Waals surface area contributed by atoms with E-state index in [9.17, 15) is 0 Å². The fraction of sp³-hybridized carbons (Fsp3) is 0.700. The standard InChI is InChI=1S/C20H35ISi/c1-3-5-7-9-10-15-19-22(21,18-14-8-6-4-2)20-16-12-11-13-17-20/h11-13,16-17H,3-10,14-15,18-19H2,1-2H3. The van der Waals surface area contributed by atoms with Gasteiger partial charge in [-0.25, -0.2) is 0 Å². The van der Waals surface area contributed by atoms with Crippen LogP contribution in [0.4, 0.5) is 0 Å². The number of rotatable bonds is 13. The van der Waals surface area contributed by atoms with Gasteiger partial charge in [-0.15, -0.1) is 21.8 Å². The lowest BCUT2D eigenvalue weighted by atomic mass is 10.1. The highest BCUT2D eigenvalue weighted by molar-refractivity contribution is 14.1. The van der Waals surface area contributed by atoms with Gasteiger partial charge in [0.15, 0.2) is 5.57 Å². The molecule has 0 saturated carbocycles. The smallest absolute Gasteiger partial charge is 0.113 e. The molecular formula is C20H35ISi. The zero-order chi connectivity index (χ0) is 16.1. The van der Waals surface area contributed by atoms with Crippen molar-refractivity contribution >= 4 is 32.6 Å². The lowest BCUT2D eigenvalue weighted by molar-refractivity contribution is 0.622. The molecule has 1 unspecified atom stereocenters. The minimum absolute atomic E-state index is 1.27. The zero-order valence-corrected chi connectivity index (χ0v) is 17.9. The molecule has 1 aromatic carbocycles. The van der Waals surface area contributed by atoms with Gasteiger partial charge in [-0.05, 0) is 17.3 Å². The van der Waals surface area contributed by atoms with Gasteiger partial charge in [0, 0.05) is 0 Å². The molecule has 0 fully saturated rings. The van der Waals surface area contributed by atoms with Crippen molar-refractivity contribution in [2.45, 2.75) is 90.1 Å². The quantitative estimate of drug-likeness (QED) is 0.134. The molecule has 126 valence electrons. The monoisotopic (exact) mass is 430 g/mol. The van der Waals surface area contributed by atoms with Crippen LogP contribution in [0.3, 0.4) is 0 Å². The predicted octanol–water partition coefficient (Wildman–Crippen LogP) is 7.21. The van der Waals surface area contributed by atoms with Gasteiger partial charge in [0.2, 0.25) is 0 Å². The Kier molecular flexibility index (Phi) is 11.6. The highest BCUT2D eigenvalue weighted by Gasteiger charge is 2.30. The molecule has 0 aliphatic heterocycles. The molecule has 1 atom stereocenters. The van der Waals surface area contributed by atoms with Gasteiger partial charge < -0.3 is 0 Å². The second-order valence-corrected chi connectivity index (χ2v) is 16.4. The topological polar surface area (TPSA) is 0 Å². The number of hydrogen-bond acceptors (Lipinski definition) is 0. The third kappa shape index (κ3) is 8.14. The summed E-state index contributed by atoms with van der Waals surface area (Å²) in [5.74, 6) is 0. The fourth-order valence-electron chi connectivity index (χ4n) is 3.17. The summed E-state index contributed by atoms with van der Waals surface area (Å²) >= 11 is 2.90. The molecule has 0 bridgehead atoms. The Labute approximate surface area is 152 Å². The van der Waals surface area contributed by atoms with E-state index >= 15 is 0 Å². The molecule has 0 aromatic heterocycles. The van der Waals surface area contributed by atoms with Crippen molar-refractivity contribution in [3.63, 3.8) is 0 Å². The first-order valence-electron chi connectivity index (χ1n) is 9.47. The average Bonchev–Trinajstić information content (AvgIpc) is 2.56. The molecule has 1 aromatic rings. The Bertz CT molecular complexity index is 365. The summed E-state index contributed by atoms with van der Waals surface area (Å²) in [5, 5.41) is 1.68. The molecule has 22 heavy (non-hydrogen) atoms. The molecule has 0 radical (unpaired) electrons. The van der Waals surface area contributed by atoms with Crippen LogP contribution in [0.2, 0.25) is 12.1 Å². The fourth-order valence-corrected chi connectivity index (χ4v) is 9.77. The number of unbranched alkanes of at least 4 members (excludes halogenated alkanes) is 8. The second kappa shape index (κ2) is 12.6. The summed E-state index contributed by atoms with van der Waals surface area (Å²) in [6, 6.07) is 14.4. The van der Waals surface area contributed by atoms with Crippen molar-refractivity contribution < 1.29 is 0 Å². The van der Waals surface area contributed by atoms with E-state index in [1.54, 1.807) is 5.19 Å². The molecule has 0 N–H and O–H groups in total. The van der Waals surface area contributed by atoms with Crippen LogP contribution < -0.4 is 5.19 Å². The van der Waals surface area contributed by atoms with Crippen LogP contribution in [-0.2, 0) is 0 Å². The minimum atomic E-state index is -1.27. The third-order valence-corrected chi connectivity index (χ3v) is 13.4. The first-order chi connectivity index (χ1) is 10.7. The molecular weight excluding hydrogens is 395 g/mol. The van der Waals surface area contributed by atoms with Crippen LogP contribution in [0.15, 0.2) is 30.3 Å². The maximum absolute atomic E-state index is 2.90. The lowest BCUT2D eigenvalue weighted by Gasteiger charge is -2.26. The Morgan fingerprint density at radius 1 is 0.682 bits per heavy atom. The van der Waals surface area contributed by atoms with Crippen molar-refractivity contribution in [2.24, 2.45) is 0 Å². The van der Waals surface area contributed by atoms with Gasteiger partial charge in [0.25, 0.3) is 0 Å². The molecule has 0 saturated heterocycles. The van der Waals surface area contributed by atoms with Crippen molar-refractivity contribution in [3.05, 3.63) is 30.3 Å². The van der Waals surface area contributed by atoms with Crippen molar-refractivity contribution in [3.8, 4) is 0 Å². The summed E-state index contributed by atoms with van der Waals surface area (Å²) in [4.78, 5) is 0. The van der Waals surface area contributed by atoms with Crippen LogP contribution in [0.5, 0.6) is 0 Å². The summed E-state index contributed by atoms with van der Waals surface area (Å²) in [6.45, 7) is 4.61. The first kappa shape index (κ1) is 20.2. The molecule has 0 spiro atoms. The van der Waals surface area contributed by atoms with E-state index in [-0.39, 0.29) is 0 Å². The van der Waals surface area contributed by atoms with E-state index < -0.39 is 5.57 Å². The Balaban J connectivity index is 2.47. The van der Waals surface area contributed by atoms with Gasteiger partial charge in [0.1, 0.15) is 0 Å². The normalized spacial score (nSPS) is 14.0. The van der Waals surface area contributed by atoms with Crippen molar-refractivity contribution in [1.29, 1.82) is 0 Å². The van der Waals surface area contributed by atoms with E-state index in [0.717, 1.165) is 0 Å². The van der Waals surface area contributed by atoms with Crippen LogP contribution in [0.25, 0.3) is 0 Å². The van der Waals surface area contributed by atoms with Gasteiger partial charge in [-0.1, -0.05) is 108 Å². The summed E-state index contributed by atoms with van der Waals surface area (Å²) in [7, 11) is 0. The van der Waals surface area contributed by atoms with Crippen molar-refractivity contribution in [2.75, 3.05) is 0 Å². The molecule has 2 heteroatoms. The van der Waals surface area contributed by atoms with Crippen LogP contribution in [0.1, 0.15) is 78.1 Å². The van der Waals surface area contributed by atoms with E-state index in [0.29, 0.717) is 0 Å². The molecule has 0 aliphatic rings. The first-order valence-corrected chi connectivity index (χ1v) is 15.0. The molecule has 0 nitrogen and oxygen atoms in total. The zero-order valence-electron chi connectivity index (χ0n) is 14.7. The van der Waals surface area contributed by atoms with E-state index in [4.69, 9.17) is 0 Å². The Morgan fingerprint density at radius 3 is 1.68 bits per heavy atom. The highest BCUT2D eigenvalue weighted by atomic mass is 127. The highest BCUT2D eigenvalue weighted by Crippen LogP contribution is 2.29. The number of hydrogen-bond donors (Lipinski definition) is 0. The molecule has 0 amide bonds. The van der Waals surface area contributed by atoms with Crippen LogP contribution in [0, 0.1) is 0 Å². The molecule has 1 rings (SSSR count). The number of benzene rings is 1. The lowest BCUT2D eigenvalue weighted by Crippen LogP contribution is -2.41. The Hall–Kier alpha value is 0.167. The average molecular weight is 430 g/mol. The maximum Gasteiger partial charge on any atom is 0.155 e. The maximum atomic E-state index is 2.90. The third-order valence-electron chi connectivity index (χ3n) is 4.64. The van der Waals surface area contributed by atoms with Crippen LogP contribution in [-0.4, -0.2) is 5.57 Å². The SMILES string of the molecule is CCCCCCCC[Si](I)(CCCCCC)c1ccccc1. The van der Waals surface area contributed by atoms with E-state index in [2.05, 4.69) is 66.0 Å². The molecule has 0 aliphatic carbocycles. The predicted molar refractivity (Wildman–Crippen MR) is 113 cm³/mol. The van der Waals surface area contributed by atoms with Gasteiger partial charge in [-0.2, -0.15) is 0 Å². The van der Waals surface area contributed by atoms with Gasteiger partial charge in [0.05, 0.1) is 0 Å². The molecule has 0 heterocycles. The van der Waals surface area contributed by atoms with Crippen LogP contribution >= 0.6 is 21.8 Å². The number of halogens is 1. The van der Waals surface area contributed by atoms with E-state index in [1.807, 2.05) is 0 Å². The second-order valence-electron chi connectivity index (χ2n) is 6.66. The van der Waals surface area contributed by atoms with Gasteiger partial charge in [-0.3, -0.25) is 0 Å².